The first-order valence-corrected chi connectivity index (χ1v) is 9.09. The number of hydrogen-bond acceptors (Lipinski definition) is 7. The van der Waals surface area contributed by atoms with Crippen LogP contribution in [0.4, 0.5) is 0 Å². The smallest absolute Gasteiger partial charge is 0.239 e. The van der Waals surface area contributed by atoms with Gasteiger partial charge in [0.2, 0.25) is 5.89 Å². The molecule has 24 heavy (non-hydrogen) atoms. The van der Waals surface area contributed by atoms with Crippen LogP contribution in [-0.2, 0) is 12.2 Å². The molecule has 7 nitrogen and oxygen atoms in total. The molecule has 0 radical (unpaired) electrons. The van der Waals surface area contributed by atoms with Crippen molar-refractivity contribution in [2.75, 3.05) is 0 Å². The van der Waals surface area contributed by atoms with E-state index in [0.29, 0.717) is 11.6 Å². The van der Waals surface area contributed by atoms with E-state index in [-0.39, 0.29) is 5.25 Å². The standard InChI is InChI=1S/C16H20N6OS/c1-3-4-10-14-17-16(23-19-14)12(2)24-11-15-18-20-21-22(15)13-8-6-5-7-9-13/h5-9,12H,3-4,10-11H2,1-2H3/t12-/m1/s1. The summed E-state index contributed by atoms with van der Waals surface area (Å²) in [5, 5.41) is 16.1. The van der Waals surface area contributed by atoms with Crippen molar-refractivity contribution in [3.63, 3.8) is 0 Å². The maximum Gasteiger partial charge on any atom is 0.239 e. The number of tetrazole rings is 1. The minimum absolute atomic E-state index is 0.0915. The molecular formula is C16H20N6OS. The van der Waals surface area contributed by atoms with E-state index < -0.39 is 0 Å². The lowest BCUT2D eigenvalue weighted by atomic mass is 10.2. The summed E-state index contributed by atoms with van der Waals surface area (Å²) < 4.78 is 7.12. The lowest BCUT2D eigenvalue weighted by Crippen LogP contribution is -2.02. The molecule has 8 heteroatoms. The number of benzene rings is 1. The van der Waals surface area contributed by atoms with Crippen LogP contribution in [0, 0.1) is 0 Å². The molecule has 0 aliphatic carbocycles. The molecule has 0 N–H and O–H groups in total. The third-order valence-corrected chi connectivity index (χ3v) is 4.71. The highest BCUT2D eigenvalue weighted by Crippen LogP contribution is 2.29. The van der Waals surface area contributed by atoms with Crippen LogP contribution in [0.5, 0.6) is 0 Å². The van der Waals surface area contributed by atoms with Gasteiger partial charge in [0, 0.05) is 6.42 Å². The quantitative estimate of drug-likeness (QED) is 0.619. The van der Waals surface area contributed by atoms with Crippen LogP contribution in [0.25, 0.3) is 5.69 Å². The van der Waals surface area contributed by atoms with Crippen molar-refractivity contribution in [3.05, 3.63) is 47.9 Å². The second kappa shape index (κ2) is 8.05. The Morgan fingerprint density at radius 1 is 1.25 bits per heavy atom. The molecule has 0 saturated heterocycles. The van der Waals surface area contributed by atoms with Crippen molar-refractivity contribution in [2.24, 2.45) is 0 Å². The fourth-order valence-corrected chi connectivity index (χ4v) is 3.02. The molecular weight excluding hydrogens is 324 g/mol. The first kappa shape index (κ1) is 16.6. The summed E-state index contributed by atoms with van der Waals surface area (Å²) in [5.74, 6) is 2.90. The van der Waals surface area contributed by atoms with Crippen LogP contribution in [0.1, 0.15) is 49.5 Å². The maximum absolute atomic E-state index is 5.37. The number of para-hydroxylation sites is 1. The van der Waals surface area contributed by atoms with Gasteiger partial charge < -0.3 is 4.52 Å². The van der Waals surface area contributed by atoms with Crippen molar-refractivity contribution in [3.8, 4) is 5.69 Å². The number of aryl methyl sites for hydroxylation is 1. The SMILES string of the molecule is CCCCc1noc([C@@H](C)SCc2nnnn2-c2ccccc2)n1. The van der Waals surface area contributed by atoms with Gasteiger partial charge >= 0.3 is 0 Å². The van der Waals surface area contributed by atoms with Crippen molar-refractivity contribution in [2.45, 2.75) is 44.1 Å². The van der Waals surface area contributed by atoms with Crippen molar-refractivity contribution in [1.29, 1.82) is 0 Å². The van der Waals surface area contributed by atoms with Crippen LogP contribution in [0.2, 0.25) is 0 Å². The van der Waals surface area contributed by atoms with Crippen LogP contribution in [-0.4, -0.2) is 30.3 Å². The first-order valence-electron chi connectivity index (χ1n) is 8.04. The number of unbranched alkanes of at least 4 members (excludes halogenated alkanes) is 1. The van der Waals surface area contributed by atoms with Gasteiger partial charge in [0.1, 0.15) is 0 Å². The first-order chi connectivity index (χ1) is 11.8. The van der Waals surface area contributed by atoms with Crippen molar-refractivity contribution >= 4 is 11.8 Å². The Labute approximate surface area is 144 Å². The topological polar surface area (TPSA) is 82.5 Å². The molecule has 0 bridgehead atoms. The fourth-order valence-electron chi connectivity index (χ4n) is 2.21. The average molecular weight is 344 g/mol. The van der Waals surface area contributed by atoms with Crippen LogP contribution in [0.3, 0.4) is 0 Å². The summed E-state index contributed by atoms with van der Waals surface area (Å²) in [6.45, 7) is 4.20. The molecule has 1 atom stereocenters. The normalized spacial score (nSPS) is 12.4. The Bertz CT molecular complexity index is 757. The van der Waals surface area contributed by atoms with Gasteiger partial charge in [0.15, 0.2) is 11.6 Å². The van der Waals surface area contributed by atoms with E-state index in [1.807, 2.05) is 30.3 Å². The lowest BCUT2D eigenvalue weighted by Gasteiger charge is -2.07. The summed E-state index contributed by atoms with van der Waals surface area (Å²) in [5.41, 5.74) is 0.949. The monoisotopic (exact) mass is 344 g/mol. The van der Waals surface area contributed by atoms with E-state index in [0.717, 1.165) is 36.6 Å². The number of nitrogens with zero attached hydrogens (tertiary/aromatic N) is 6. The van der Waals surface area contributed by atoms with E-state index in [1.165, 1.54) is 0 Å². The molecule has 0 saturated carbocycles. The Balaban J connectivity index is 1.62. The summed E-state index contributed by atoms with van der Waals surface area (Å²) in [6, 6.07) is 9.85. The molecule has 0 aliphatic rings. The minimum atomic E-state index is 0.0915. The predicted octanol–water partition coefficient (Wildman–Crippen LogP) is 3.38. The van der Waals surface area contributed by atoms with Crippen molar-refractivity contribution < 1.29 is 4.52 Å². The summed E-state index contributed by atoms with van der Waals surface area (Å²) in [6.07, 6.45) is 3.06. The average Bonchev–Trinajstić information content (AvgIpc) is 3.28. The molecule has 0 fully saturated rings. The Hall–Kier alpha value is -2.22. The molecule has 2 aromatic heterocycles. The lowest BCUT2D eigenvalue weighted by molar-refractivity contribution is 0.374. The van der Waals surface area contributed by atoms with Gasteiger partial charge in [-0.25, -0.2) is 0 Å². The number of aromatic nitrogens is 6. The molecule has 0 aliphatic heterocycles. The van der Waals surface area contributed by atoms with Gasteiger partial charge in [0.25, 0.3) is 0 Å². The number of thioether (sulfide) groups is 1. The largest absolute Gasteiger partial charge is 0.338 e. The predicted molar refractivity (Wildman–Crippen MR) is 91.8 cm³/mol. The third kappa shape index (κ3) is 4.00. The van der Waals surface area contributed by atoms with E-state index in [9.17, 15) is 0 Å². The van der Waals surface area contributed by atoms with Gasteiger partial charge in [-0.15, -0.1) is 16.9 Å². The molecule has 1 aromatic carbocycles. The van der Waals surface area contributed by atoms with Gasteiger partial charge in [-0.2, -0.15) is 9.67 Å². The van der Waals surface area contributed by atoms with Crippen molar-refractivity contribution in [1.82, 2.24) is 30.3 Å². The molecule has 3 aromatic rings. The van der Waals surface area contributed by atoms with Crippen LogP contribution >= 0.6 is 11.8 Å². The highest BCUT2D eigenvalue weighted by atomic mass is 32.2. The Morgan fingerprint density at radius 2 is 2.08 bits per heavy atom. The van der Waals surface area contributed by atoms with E-state index >= 15 is 0 Å². The van der Waals surface area contributed by atoms with E-state index in [4.69, 9.17) is 4.52 Å². The molecule has 0 spiro atoms. The number of rotatable bonds is 8. The number of hydrogen-bond donors (Lipinski definition) is 0. The van der Waals surface area contributed by atoms with Gasteiger partial charge in [0.05, 0.1) is 16.7 Å². The summed E-state index contributed by atoms with van der Waals surface area (Å²) >= 11 is 1.67. The molecule has 0 amide bonds. The highest BCUT2D eigenvalue weighted by Gasteiger charge is 2.17. The van der Waals surface area contributed by atoms with Gasteiger partial charge in [-0.1, -0.05) is 36.7 Å². The zero-order chi connectivity index (χ0) is 16.8. The molecule has 0 unspecified atom stereocenters. The molecule has 2 heterocycles. The van der Waals surface area contributed by atoms with E-state index in [1.54, 1.807) is 16.4 Å². The molecule has 3 rings (SSSR count). The second-order valence-electron chi connectivity index (χ2n) is 5.45. The van der Waals surface area contributed by atoms with E-state index in [2.05, 4.69) is 39.5 Å². The van der Waals surface area contributed by atoms with Crippen LogP contribution < -0.4 is 0 Å². The zero-order valence-electron chi connectivity index (χ0n) is 13.8. The fraction of sp³-hybridized carbons (Fsp3) is 0.438. The maximum atomic E-state index is 5.37. The minimum Gasteiger partial charge on any atom is -0.338 e. The Morgan fingerprint density at radius 3 is 2.88 bits per heavy atom. The summed E-state index contributed by atoms with van der Waals surface area (Å²) in [7, 11) is 0. The van der Waals surface area contributed by atoms with Crippen LogP contribution in [0.15, 0.2) is 34.9 Å². The Kier molecular flexibility index (Phi) is 5.58. The van der Waals surface area contributed by atoms with Gasteiger partial charge in [-0.3, -0.25) is 0 Å². The van der Waals surface area contributed by atoms with Gasteiger partial charge in [-0.05, 0) is 35.9 Å². The molecule has 126 valence electrons. The third-order valence-electron chi connectivity index (χ3n) is 3.58. The zero-order valence-corrected chi connectivity index (χ0v) is 14.6. The second-order valence-corrected chi connectivity index (χ2v) is 6.78. The summed E-state index contributed by atoms with van der Waals surface area (Å²) in [4.78, 5) is 4.47. The highest BCUT2D eigenvalue weighted by molar-refractivity contribution is 7.98.